The van der Waals surface area contributed by atoms with Crippen molar-refractivity contribution < 1.29 is 86.8 Å². The number of ketones is 1. The van der Waals surface area contributed by atoms with Crippen LogP contribution in [0.15, 0.2) is 24.3 Å². The van der Waals surface area contributed by atoms with Crippen LogP contribution in [-0.4, -0.2) is 191 Å². The number of hydrogen-bond donors (Lipinski definition) is 4. The van der Waals surface area contributed by atoms with Crippen LogP contribution in [0.1, 0.15) is 149 Å². The molecule has 18 nitrogen and oxygen atoms in total. The maximum atomic E-state index is 14.6. The van der Waals surface area contributed by atoms with E-state index < -0.39 is 42.3 Å². The molecule has 0 aliphatic carbocycles. The van der Waals surface area contributed by atoms with Crippen LogP contribution < -0.4 is 0 Å². The fourth-order valence-corrected chi connectivity index (χ4v) is 17.8. The van der Waals surface area contributed by atoms with Crippen molar-refractivity contribution in [1.82, 2.24) is 0 Å². The maximum absolute atomic E-state index is 14.6. The Hall–Kier alpha value is -1.53. The molecule has 78 heavy (non-hydrogen) atoms. The average Bonchev–Trinajstić information content (AvgIpc) is 4.31. The molecule has 0 aromatic rings. The minimum absolute atomic E-state index is 0.00972. The van der Waals surface area contributed by atoms with Crippen molar-refractivity contribution in [3.63, 3.8) is 0 Å². The highest BCUT2D eigenvalue weighted by molar-refractivity contribution is 5.79. The molecule has 0 amide bonds. The molecular formula is C60H88O18. The highest BCUT2D eigenvalue weighted by Crippen LogP contribution is 2.58. The molecule has 15 rings (SSSR count). The van der Waals surface area contributed by atoms with E-state index in [0.29, 0.717) is 70.6 Å². The Kier molecular flexibility index (Phi) is 14.6. The predicted molar refractivity (Wildman–Crippen MR) is 274 cm³/mol. The molecule has 18 heteroatoms. The van der Waals surface area contributed by atoms with Crippen molar-refractivity contribution in [2.24, 2.45) is 29.6 Å². The van der Waals surface area contributed by atoms with E-state index in [4.69, 9.17) is 61.6 Å². The molecule has 15 aliphatic rings. The lowest BCUT2D eigenvalue weighted by molar-refractivity contribution is -0.396. The first-order valence-corrected chi connectivity index (χ1v) is 30.7. The Bertz CT molecular complexity index is 2250. The largest absolute Gasteiger partial charge is 0.396 e. The second-order valence-electron chi connectivity index (χ2n) is 27.2. The summed E-state index contributed by atoms with van der Waals surface area (Å²) in [7, 11) is 0. The minimum atomic E-state index is -1.01. The van der Waals surface area contributed by atoms with Crippen molar-refractivity contribution in [2.75, 3.05) is 13.2 Å². The van der Waals surface area contributed by atoms with Crippen LogP contribution in [0.3, 0.4) is 0 Å². The summed E-state index contributed by atoms with van der Waals surface area (Å²) in [6, 6.07) is 0. The first-order chi connectivity index (χ1) is 37.5. The van der Waals surface area contributed by atoms with E-state index in [1.165, 1.54) is 0 Å². The van der Waals surface area contributed by atoms with Gasteiger partial charge in [0.05, 0.1) is 147 Å². The number of hydrogen-bond acceptors (Lipinski definition) is 18. The van der Waals surface area contributed by atoms with Gasteiger partial charge >= 0.3 is 0 Å². The van der Waals surface area contributed by atoms with Gasteiger partial charge in [0.1, 0.15) is 11.9 Å². The molecule has 4 N–H and O–H groups in total. The average molecular weight is 1100 g/mol. The molecule has 0 radical (unpaired) electrons. The minimum Gasteiger partial charge on any atom is -0.396 e. The zero-order valence-electron chi connectivity index (χ0n) is 46.1. The first kappa shape index (κ1) is 54.4. The van der Waals surface area contributed by atoms with Gasteiger partial charge in [0, 0.05) is 76.5 Å². The molecule has 15 fully saturated rings. The summed E-state index contributed by atoms with van der Waals surface area (Å²) >= 11 is 0. The molecule has 0 aromatic carbocycles. The van der Waals surface area contributed by atoms with Gasteiger partial charge in [0.15, 0.2) is 17.4 Å². The number of aliphatic hydroxyl groups excluding tert-OH is 4. The SMILES string of the molecule is C=C1C[C@@H]2CC[C@@]34OC(C3CO)[C@@H]3O[C@H]5CC[C@H](CC(=O)C[C@@H]6CC7OC8C[C@]9(C[C@@H]%10O[C@@]%11(CC[C@@H]%10O9)C[C@H](C)[C@@H]9O[C@H]([C@@H](O)C[C@@H](O)CO)C[C@@H]9O%11)O[C@@H]8C[C@@H]7O[C@H]6C[C@H]6O[C@@H](CC[C@@H]1O2)C[C@@H](C)C6=C)O[C@@H]5[C@H](O4)[C@@H]3C. The highest BCUT2D eigenvalue weighted by Gasteiger charge is 2.69. The van der Waals surface area contributed by atoms with Crippen molar-refractivity contribution in [2.45, 2.75) is 301 Å². The number of aliphatic hydroxyl groups is 4. The van der Waals surface area contributed by atoms with Gasteiger partial charge in [-0.15, -0.1) is 0 Å². The summed E-state index contributed by atoms with van der Waals surface area (Å²) in [6.45, 7) is 15.2. The molecule has 0 aromatic heterocycles. The van der Waals surface area contributed by atoms with Gasteiger partial charge in [-0.3, -0.25) is 4.79 Å². The highest BCUT2D eigenvalue weighted by atomic mass is 16.8. The van der Waals surface area contributed by atoms with Crippen LogP contribution >= 0.6 is 0 Å². The van der Waals surface area contributed by atoms with Crippen LogP contribution in [0.25, 0.3) is 0 Å². The van der Waals surface area contributed by atoms with Crippen molar-refractivity contribution in [3.8, 4) is 0 Å². The van der Waals surface area contributed by atoms with E-state index in [9.17, 15) is 25.2 Å². The number of ether oxygens (including phenoxy) is 13. The topological polar surface area (TPSA) is 218 Å². The third kappa shape index (κ3) is 9.71. The molecule has 10 bridgehead atoms. The van der Waals surface area contributed by atoms with Crippen LogP contribution in [-0.2, 0) is 66.4 Å². The summed E-state index contributed by atoms with van der Waals surface area (Å²) in [5.41, 5.74) is 2.18. The lowest BCUT2D eigenvalue weighted by Crippen LogP contribution is -2.65. The number of carbonyl (C=O) groups is 1. The Labute approximate surface area is 459 Å². The van der Waals surface area contributed by atoms with Gasteiger partial charge in [-0.25, -0.2) is 0 Å². The van der Waals surface area contributed by atoms with Gasteiger partial charge in [0.25, 0.3) is 0 Å². The van der Waals surface area contributed by atoms with Gasteiger partial charge in [-0.05, 0) is 86.7 Å². The normalized spacial score (nSPS) is 55.4. The summed E-state index contributed by atoms with van der Waals surface area (Å²) < 4.78 is 89.7. The molecular weight excluding hydrogens is 1010 g/mol. The molecule has 15 aliphatic heterocycles. The van der Waals surface area contributed by atoms with Crippen molar-refractivity contribution >= 4 is 5.78 Å². The first-order valence-electron chi connectivity index (χ1n) is 30.7. The molecule has 15 saturated heterocycles. The second kappa shape index (κ2) is 20.9. The van der Waals surface area contributed by atoms with E-state index in [0.717, 1.165) is 56.1 Å². The summed E-state index contributed by atoms with van der Waals surface area (Å²) in [5.74, 6) is -2.49. The predicted octanol–water partition coefficient (Wildman–Crippen LogP) is 5.18. The fraction of sp³-hybridized carbons (Fsp3) is 0.917. The van der Waals surface area contributed by atoms with Crippen molar-refractivity contribution in [3.05, 3.63) is 24.3 Å². The standard InChI is InChI=1S/C60H88O18/c1-28-14-36-6-8-41-29(2)15-38(66-41)10-13-60-39(27-62)56(78-60)54-32(5)55(77-60)57-43(71-54)9-7-37(68-57)18-34(63)16-33-17-47-48(69-45(33)20-44(67-36)31(28)4)22-49-51(70-47)24-59(74-49)25-52-42(73-59)11-12-58(76-52)23-30(3)53-50(75-58)21-46(72-53)40(65)19-35(64)26-61/h28,30,32-33,35-57,61-62,64-65H,2,4,6-27H2,1,3,5H3/t28-,30+,32-,33-,35-,36+,37-,38+,39?,40+,41+,42+,43+,44-,45+,46+,47?,48+,49-,50+,51?,52+,53+,54-,55-,56?,57+,58+,59-,60-/m1/s1. The number of carbonyl (C=O) groups excluding carboxylic acids is 1. The molecule has 15 heterocycles. The van der Waals surface area contributed by atoms with Gasteiger partial charge < -0.3 is 82.0 Å². The number of Topliss-reactive ketones (excluding diaryl/α,β-unsaturated/α-hetero) is 1. The van der Waals surface area contributed by atoms with Gasteiger partial charge in [-0.1, -0.05) is 33.9 Å². The van der Waals surface area contributed by atoms with Gasteiger partial charge in [-0.2, -0.15) is 0 Å². The third-order valence-electron chi connectivity index (χ3n) is 21.9. The number of rotatable bonds is 5. The fourth-order valence-electron chi connectivity index (χ4n) is 17.8. The van der Waals surface area contributed by atoms with E-state index in [2.05, 4.69) is 33.9 Å². The number of fused-ring (bicyclic) bond motifs is 10. The maximum Gasteiger partial charge on any atom is 0.176 e. The smallest absolute Gasteiger partial charge is 0.176 e. The lowest BCUT2D eigenvalue weighted by Gasteiger charge is -2.53. The Balaban J connectivity index is 0.670. The summed E-state index contributed by atoms with van der Waals surface area (Å²) in [5, 5.41) is 41.1. The van der Waals surface area contributed by atoms with Crippen LogP contribution in [0.4, 0.5) is 0 Å². The van der Waals surface area contributed by atoms with E-state index >= 15 is 0 Å². The lowest BCUT2D eigenvalue weighted by atomic mass is 9.76. The monoisotopic (exact) mass is 1100 g/mol. The summed E-state index contributed by atoms with van der Waals surface area (Å²) in [6.07, 6.45) is 5.92. The summed E-state index contributed by atoms with van der Waals surface area (Å²) in [4.78, 5) is 14.6. The second-order valence-corrected chi connectivity index (χ2v) is 27.2. The van der Waals surface area contributed by atoms with Gasteiger partial charge in [0.2, 0.25) is 0 Å². The third-order valence-corrected chi connectivity index (χ3v) is 21.9. The molecule has 30 atom stereocenters. The van der Waals surface area contributed by atoms with E-state index in [-0.39, 0.29) is 171 Å². The molecule has 4 unspecified atom stereocenters. The molecule has 436 valence electrons. The molecule has 0 saturated carbocycles. The van der Waals surface area contributed by atoms with E-state index in [1.54, 1.807) is 0 Å². The van der Waals surface area contributed by atoms with Crippen molar-refractivity contribution in [1.29, 1.82) is 0 Å². The quantitative estimate of drug-likeness (QED) is 0.261. The van der Waals surface area contributed by atoms with Crippen LogP contribution in [0.2, 0.25) is 0 Å². The zero-order chi connectivity index (χ0) is 53.6. The Morgan fingerprint density at radius 3 is 2.14 bits per heavy atom. The van der Waals surface area contributed by atoms with Crippen LogP contribution in [0, 0.1) is 29.6 Å². The van der Waals surface area contributed by atoms with Crippen LogP contribution in [0.5, 0.6) is 0 Å². The van der Waals surface area contributed by atoms with E-state index in [1.807, 2.05) is 0 Å². The Morgan fingerprint density at radius 2 is 1.29 bits per heavy atom. The molecule has 3 spiro atoms. The zero-order valence-corrected chi connectivity index (χ0v) is 46.1. The Morgan fingerprint density at radius 1 is 0.551 bits per heavy atom.